The van der Waals surface area contributed by atoms with Gasteiger partial charge in [0.25, 0.3) is 5.56 Å². The van der Waals surface area contributed by atoms with Crippen molar-refractivity contribution in [1.82, 2.24) is 14.5 Å². The van der Waals surface area contributed by atoms with Crippen molar-refractivity contribution >= 4 is 23.2 Å². The van der Waals surface area contributed by atoms with Gasteiger partial charge in [0, 0.05) is 11.8 Å². The molecule has 0 aliphatic rings. The third kappa shape index (κ3) is 3.52. The molecule has 1 N–H and O–H groups in total. The monoisotopic (exact) mass is 395 g/mol. The van der Waals surface area contributed by atoms with Gasteiger partial charge in [-0.1, -0.05) is 18.1 Å². The number of hydrogen-bond donors (Lipinski definition) is 1. The molecule has 0 saturated heterocycles. The van der Waals surface area contributed by atoms with Crippen molar-refractivity contribution in [2.24, 2.45) is 0 Å². The maximum absolute atomic E-state index is 13.2. The number of phenolic OH excluding ortho intramolecular Hbond substituents is 1. The molecule has 0 radical (unpaired) electrons. The SMILES string of the molecule is C#Cc1ccc(-n2c(C=Cc3ccc(O)c(OC)c3)nc3ncccc3c2=O)cc1. The van der Waals surface area contributed by atoms with Crippen LogP contribution in [0.2, 0.25) is 0 Å². The van der Waals surface area contributed by atoms with Crippen LogP contribution in [0.4, 0.5) is 0 Å². The van der Waals surface area contributed by atoms with Gasteiger partial charge >= 0.3 is 0 Å². The largest absolute Gasteiger partial charge is 0.504 e. The molecule has 4 rings (SSSR count). The number of aromatic nitrogens is 3. The number of hydrogen-bond acceptors (Lipinski definition) is 5. The van der Waals surface area contributed by atoms with E-state index in [9.17, 15) is 9.90 Å². The number of pyridine rings is 1. The Morgan fingerprint density at radius 2 is 1.93 bits per heavy atom. The molecule has 30 heavy (non-hydrogen) atoms. The molecule has 6 heteroatoms. The van der Waals surface area contributed by atoms with Gasteiger partial charge < -0.3 is 9.84 Å². The van der Waals surface area contributed by atoms with Crippen LogP contribution in [-0.2, 0) is 0 Å². The van der Waals surface area contributed by atoms with Crippen molar-refractivity contribution in [3.8, 4) is 29.5 Å². The molecule has 0 aliphatic heterocycles. The lowest BCUT2D eigenvalue weighted by Crippen LogP contribution is -2.22. The topological polar surface area (TPSA) is 77.2 Å². The second-order valence-corrected chi connectivity index (χ2v) is 6.44. The fourth-order valence-corrected chi connectivity index (χ4v) is 3.07. The van der Waals surface area contributed by atoms with Crippen LogP contribution >= 0.6 is 0 Å². The third-order valence-corrected chi connectivity index (χ3v) is 4.59. The van der Waals surface area contributed by atoms with Crippen LogP contribution in [0.15, 0.2) is 65.6 Å². The molecule has 0 atom stereocenters. The van der Waals surface area contributed by atoms with E-state index in [1.165, 1.54) is 11.7 Å². The zero-order chi connectivity index (χ0) is 21.1. The highest BCUT2D eigenvalue weighted by Gasteiger charge is 2.12. The van der Waals surface area contributed by atoms with Gasteiger partial charge in [0.15, 0.2) is 17.1 Å². The Bertz CT molecular complexity index is 1360. The van der Waals surface area contributed by atoms with Crippen LogP contribution < -0.4 is 10.3 Å². The number of methoxy groups -OCH3 is 1. The van der Waals surface area contributed by atoms with Gasteiger partial charge in [-0.05, 0) is 60.2 Å². The summed E-state index contributed by atoms with van der Waals surface area (Å²) in [4.78, 5) is 22.0. The Morgan fingerprint density at radius 1 is 1.13 bits per heavy atom. The zero-order valence-corrected chi connectivity index (χ0v) is 16.1. The quantitative estimate of drug-likeness (QED) is 0.534. The maximum atomic E-state index is 13.2. The van der Waals surface area contributed by atoms with E-state index in [4.69, 9.17) is 11.2 Å². The predicted molar refractivity (Wildman–Crippen MR) is 117 cm³/mol. The fourth-order valence-electron chi connectivity index (χ4n) is 3.07. The number of fused-ring (bicyclic) bond motifs is 1. The van der Waals surface area contributed by atoms with Gasteiger partial charge in [0.05, 0.1) is 18.2 Å². The highest BCUT2D eigenvalue weighted by atomic mass is 16.5. The summed E-state index contributed by atoms with van der Waals surface area (Å²) in [7, 11) is 1.48. The van der Waals surface area contributed by atoms with Gasteiger partial charge in [-0.3, -0.25) is 9.36 Å². The number of nitrogens with zero attached hydrogens (tertiary/aromatic N) is 3. The van der Waals surface area contributed by atoms with E-state index in [-0.39, 0.29) is 11.3 Å². The first-order valence-corrected chi connectivity index (χ1v) is 9.10. The van der Waals surface area contributed by atoms with Crippen LogP contribution in [0, 0.1) is 12.3 Å². The first-order valence-electron chi connectivity index (χ1n) is 9.10. The van der Waals surface area contributed by atoms with Crippen molar-refractivity contribution in [3.05, 3.63) is 88.1 Å². The lowest BCUT2D eigenvalue weighted by Gasteiger charge is -2.11. The number of phenols is 1. The Balaban J connectivity index is 1.89. The third-order valence-electron chi connectivity index (χ3n) is 4.59. The van der Waals surface area contributed by atoms with Gasteiger partial charge in [-0.25, -0.2) is 9.97 Å². The van der Waals surface area contributed by atoms with E-state index in [0.717, 1.165) is 11.1 Å². The maximum Gasteiger partial charge on any atom is 0.267 e. The predicted octanol–water partition coefficient (Wildman–Crippen LogP) is 3.65. The molecule has 0 bridgehead atoms. The van der Waals surface area contributed by atoms with Gasteiger partial charge in [-0.15, -0.1) is 6.42 Å². The van der Waals surface area contributed by atoms with E-state index in [1.807, 2.05) is 0 Å². The van der Waals surface area contributed by atoms with E-state index in [0.29, 0.717) is 28.3 Å². The number of ether oxygens (including phenoxy) is 1. The fraction of sp³-hybridized carbons (Fsp3) is 0.0417. The molecular formula is C24H17N3O3. The van der Waals surface area contributed by atoms with Crippen molar-refractivity contribution in [1.29, 1.82) is 0 Å². The van der Waals surface area contributed by atoms with E-state index < -0.39 is 0 Å². The molecule has 0 aliphatic carbocycles. The smallest absolute Gasteiger partial charge is 0.267 e. The molecule has 2 aromatic carbocycles. The van der Waals surface area contributed by atoms with Crippen LogP contribution in [0.3, 0.4) is 0 Å². The van der Waals surface area contributed by atoms with E-state index >= 15 is 0 Å². The van der Waals surface area contributed by atoms with Crippen molar-refractivity contribution in [2.45, 2.75) is 0 Å². The first-order chi connectivity index (χ1) is 14.6. The standard InChI is InChI=1S/C24H17N3O3/c1-3-16-6-10-18(11-7-16)27-22(26-23-19(24(27)29)5-4-14-25-23)13-9-17-8-12-20(28)21(15-17)30-2/h1,4-15,28H,2H3. The van der Waals surface area contributed by atoms with E-state index in [2.05, 4.69) is 15.9 Å². The lowest BCUT2D eigenvalue weighted by atomic mass is 10.1. The summed E-state index contributed by atoms with van der Waals surface area (Å²) < 4.78 is 6.66. The molecule has 146 valence electrons. The summed E-state index contributed by atoms with van der Waals surface area (Å²) >= 11 is 0. The van der Waals surface area contributed by atoms with Gasteiger partial charge in [-0.2, -0.15) is 0 Å². The minimum Gasteiger partial charge on any atom is -0.504 e. The molecule has 0 saturated carbocycles. The molecule has 6 nitrogen and oxygen atoms in total. The molecule has 0 unspecified atom stereocenters. The van der Waals surface area contributed by atoms with Crippen LogP contribution in [-0.4, -0.2) is 26.8 Å². The Kier molecular flexibility index (Phi) is 5.02. The van der Waals surface area contributed by atoms with Crippen molar-refractivity contribution in [3.63, 3.8) is 0 Å². The zero-order valence-electron chi connectivity index (χ0n) is 16.1. The number of aromatic hydroxyl groups is 1. The normalized spacial score (nSPS) is 10.9. The number of terminal acetylenes is 1. The van der Waals surface area contributed by atoms with E-state index in [1.54, 1.807) is 72.9 Å². The lowest BCUT2D eigenvalue weighted by molar-refractivity contribution is 0.373. The van der Waals surface area contributed by atoms with Crippen LogP contribution in [0.5, 0.6) is 11.5 Å². The Labute approximate surface area is 172 Å². The Hall–Kier alpha value is -4.37. The highest BCUT2D eigenvalue weighted by Crippen LogP contribution is 2.27. The molecular weight excluding hydrogens is 378 g/mol. The number of benzene rings is 2. The second-order valence-electron chi connectivity index (χ2n) is 6.44. The van der Waals surface area contributed by atoms with Crippen LogP contribution in [0.25, 0.3) is 28.9 Å². The summed E-state index contributed by atoms with van der Waals surface area (Å²) in [6.45, 7) is 0. The molecule has 4 aromatic rings. The summed E-state index contributed by atoms with van der Waals surface area (Å²) in [5.74, 6) is 3.38. The number of rotatable bonds is 4. The minimum atomic E-state index is -0.232. The molecule has 0 spiro atoms. The minimum absolute atomic E-state index is 0.0493. The summed E-state index contributed by atoms with van der Waals surface area (Å²) in [6.07, 6.45) is 10.5. The summed E-state index contributed by atoms with van der Waals surface area (Å²) in [5, 5.41) is 10.2. The average molecular weight is 395 g/mol. The van der Waals surface area contributed by atoms with Crippen LogP contribution in [0.1, 0.15) is 17.0 Å². The second kappa shape index (κ2) is 7.94. The summed E-state index contributed by atoms with van der Waals surface area (Å²) in [6, 6.07) is 15.5. The van der Waals surface area contributed by atoms with Crippen molar-refractivity contribution in [2.75, 3.05) is 7.11 Å². The summed E-state index contributed by atoms with van der Waals surface area (Å²) in [5.41, 5.74) is 2.26. The molecule has 2 heterocycles. The average Bonchev–Trinajstić information content (AvgIpc) is 2.79. The van der Waals surface area contributed by atoms with Crippen molar-refractivity contribution < 1.29 is 9.84 Å². The first kappa shape index (κ1) is 19.0. The Morgan fingerprint density at radius 3 is 2.67 bits per heavy atom. The molecule has 2 aromatic heterocycles. The highest BCUT2D eigenvalue weighted by molar-refractivity contribution is 5.77. The van der Waals surface area contributed by atoms with Gasteiger partial charge in [0.2, 0.25) is 0 Å². The van der Waals surface area contributed by atoms with Gasteiger partial charge in [0.1, 0.15) is 5.82 Å². The molecule has 0 amide bonds. The molecule has 0 fully saturated rings.